The quantitative estimate of drug-likeness (QED) is 0.295. The molecule has 6 rings (SSSR count). The first-order valence-electron chi connectivity index (χ1n) is 12.3. The topological polar surface area (TPSA) is 111 Å². The maximum atomic E-state index is 13.6. The van der Waals surface area contributed by atoms with Gasteiger partial charge in [0.2, 0.25) is 5.91 Å². The minimum atomic E-state index is -0.699. The van der Waals surface area contributed by atoms with Crippen LogP contribution in [0.25, 0.3) is 16.7 Å². The average Bonchev–Trinajstić information content (AvgIpc) is 3.42. The molecule has 1 saturated heterocycles. The van der Waals surface area contributed by atoms with Gasteiger partial charge in [0, 0.05) is 23.1 Å². The van der Waals surface area contributed by atoms with Gasteiger partial charge in [0.25, 0.3) is 0 Å². The van der Waals surface area contributed by atoms with Crippen LogP contribution in [0.1, 0.15) is 5.56 Å². The third kappa shape index (κ3) is 5.74. The Morgan fingerprint density at radius 3 is 2.50 bits per heavy atom. The number of halogens is 2. The second kappa shape index (κ2) is 11.5. The van der Waals surface area contributed by atoms with Crippen molar-refractivity contribution in [2.45, 2.75) is 12.5 Å². The summed E-state index contributed by atoms with van der Waals surface area (Å²) in [5.41, 5.74) is 4.22. The van der Waals surface area contributed by atoms with Crippen molar-refractivity contribution in [2.75, 3.05) is 23.8 Å². The van der Waals surface area contributed by atoms with Crippen LogP contribution in [0.3, 0.4) is 0 Å². The summed E-state index contributed by atoms with van der Waals surface area (Å²) in [5, 5.41) is 14.7. The first-order chi connectivity index (χ1) is 19.5. The van der Waals surface area contributed by atoms with E-state index in [1.807, 2.05) is 36.4 Å². The Hall–Kier alpha value is -4.13. The predicted molar refractivity (Wildman–Crippen MR) is 150 cm³/mol. The molecule has 0 bridgehead atoms. The fourth-order valence-corrected chi connectivity index (χ4v) is 4.62. The Morgan fingerprint density at radius 2 is 1.75 bits per heavy atom. The van der Waals surface area contributed by atoms with Gasteiger partial charge in [0.1, 0.15) is 6.04 Å². The van der Waals surface area contributed by atoms with Crippen molar-refractivity contribution in [1.29, 1.82) is 0 Å². The normalized spacial score (nSPS) is 14.8. The van der Waals surface area contributed by atoms with E-state index in [1.165, 1.54) is 14.8 Å². The maximum absolute atomic E-state index is 13.6. The number of hydrogen-bond acceptors (Lipinski definition) is 9. The number of nitrogens with one attached hydrogen (secondary N) is 1. The van der Waals surface area contributed by atoms with E-state index in [9.17, 15) is 4.79 Å². The number of carbonyl (C=O) groups is 1. The van der Waals surface area contributed by atoms with Crippen molar-refractivity contribution in [3.05, 3.63) is 101 Å². The summed E-state index contributed by atoms with van der Waals surface area (Å²) in [6.07, 6.45) is 5.20. The van der Waals surface area contributed by atoms with Gasteiger partial charge in [-0.3, -0.25) is 24.4 Å². The Kier molecular flexibility index (Phi) is 7.53. The molecule has 11 nitrogen and oxygen atoms in total. The summed E-state index contributed by atoms with van der Waals surface area (Å²) < 4.78 is 1.52. The van der Waals surface area contributed by atoms with Crippen molar-refractivity contribution < 1.29 is 14.5 Å². The molecular formula is C27H22Cl2N8O3. The molecule has 1 unspecified atom stereocenters. The molecule has 5 aromatic rings. The van der Waals surface area contributed by atoms with Crippen molar-refractivity contribution in [2.24, 2.45) is 0 Å². The molecular weight excluding hydrogens is 555 g/mol. The molecule has 1 fully saturated rings. The van der Waals surface area contributed by atoms with Gasteiger partial charge in [-0.05, 0) is 48.4 Å². The molecule has 1 N–H and O–H groups in total. The maximum Gasteiger partial charge on any atom is 0.244 e. The van der Waals surface area contributed by atoms with Crippen molar-refractivity contribution in [3.63, 3.8) is 0 Å². The van der Waals surface area contributed by atoms with Crippen LogP contribution < -0.4 is 10.4 Å². The monoisotopic (exact) mass is 576 g/mol. The highest BCUT2D eigenvalue weighted by Gasteiger charge is 2.32. The highest BCUT2D eigenvalue weighted by atomic mass is 35.5. The number of hydroxylamine groups is 3. The molecule has 202 valence electrons. The van der Waals surface area contributed by atoms with Crippen molar-refractivity contribution >= 4 is 51.5 Å². The Morgan fingerprint density at radius 1 is 0.925 bits per heavy atom. The second-order valence-electron chi connectivity index (χ2n) is 8.89. The molecule has 40 heavy (non-hydrogen) atoms. The number of fused-ring (bicyclic) bond motifs is 1. The smallest absolute Gasteiger partial charge is 0.244 e. The molecule has 1 amide bonds. The lowest BCUT2D eigenvalue weighted by molar-refractivity contribution is -0.279. The fourth-order valence-electron chi connectivity index (χ4n) is 4.33. The van der Waals surface area contributed by atoms with Gasteiger partial charge in [-0.25, -0.2) is 9.75 Å². The zero-order valence-corrected chi connectivity index (χ0v) is 22.4. The van der Waals surface area contributed by atoms with Crippen LogP contribution in [-0.2, 0) is 20.9 Å². The Labute approximate surface area is 238 Å². The largest absolute Gasteiger partial charge is 0.325 e. The highest BCUT2D eigenvalue weighted by Crippen LogP contribution is 2.30. The molecule has 1 aliphatic heterocycles. The number of amides is 1. The number of rotatable bonds is 7. The lowest BCUT2D eigenvalue weighted by Gasteiger charge is -2.38. The minimum absolute atomic E-state index is 0.0140. The zero-order valence-electron chi connectivity index (χ0n) is 20.9. The lowest BCUT2D eigenvalue weighted by atomic mass is 10.0. The third-order valence-corrected chi connectivity index (χ3v) is 6.67. The van der Waals surface area contributed by atoms with Gasteiger partial charge in [-0.1, -0.05) is 58.7 Å². The average molecular weight is 577 g/mol. The van der Waals surface area contributed by atoms with E-state index in [4.69, 9.17) is 32.9 Å². The first kappa shape index (κ1) is 26.1. The highest BCUT2D eigenvalue weighted by molar-refractivity contribution is 6.31. The summed E-state index contributed by atoms with van der Waals surface area (Å²) in [5.74, 6) is -0.259. The number of hydrogen-bond donors (Lipinski definition) is 1. The molecule has 0 saturated carbocycles. The van der Waals surface area contributed by atoms with Gasteiger partial charge in [0.05, 0.1) is 28.6 Å². The van der Waals surface area contributed by atoms with E-state index in [-0.39, 0.29) is 24.5 Å². The van der Waals surface area contributed by atoms with Crippen LogP contribution in [0.4, 0.5) is 11.4 Å². The first-order valence-corrected chi connectivity index (χ1v) is 13.0. The standard InChI is InChI=1S/C27H22Cl2N8O3/c28-19-6-9-23(35-15-26(29)33-34-35)24(13-19)36-16-40-37(17-39-36)25(12-18-4-2-1-3-5-18)27(38)32-20-7-8-21-22(14-20)31-11-10-30-21/h1-11,13-15,25H,12,16-17H2,(H,32,38). The molecule has 1 aliphatic rings. The molecule has 0 spiro atoms. The Bertz CT molecular complexity index is 1640. The lowest BCUT2D eigenvalue weighted by Crippen LogP contribution is -2.52. The van der Waals surface area contributed by atoms with E-state index in [2.05, 4.69) is 25.6 Å². The predicted octanol–water partition coefficient (Wildman–Crippen LogP) is 4.67. The molecule has 0 aliphatic carbocycles. The van der Waals surface area contributed by atoms with E-state index >= 15 is 0 Å². The summed E-state index contributed by atoms with van der Waals surface area (Å²) >= 11 is 12.3. The summed E-state index contributed by atoms with van der Waals surface area (Å²) in [4.78, 5) is 34.4. The van der Waals surface area contributed by atoms with Gasteiger partial charge >= 0.3 is 0 Å². The van der Waals surface area contributed by atoms with E-state index in [1.54, 1.807) is 48.9 Å². The summed E-state index contributed by atoms with van der Waals surface area (Å²) in [6, 6.07) is 19.6. The van der Waals surface area contributed by atoms with Crippen LogP contribution in [-0.4, -0.2) is 55.4 Å². The van der Waals surface area contributed by atoms with Crippen LogP contribution in [0.5, 0.6) is 0 Å². The van der Waals surface area contributed by atoms with Gasteiger partial charge in [-0.15, -0.1) is 10.2 Å². The second-order valence-corrected chi connectivity index (χ2v) is 9.71. The molecule has 2 aromatic heterocycles. The van der Waals surface area contributed by atoms with Crippen molar-refractivity contribution in [3.8, 4) is 5.69 Å². The molecule has 3 aromatic carbocycles. The van der Waals surface area contributed by atoms with Crippen molar-refractivity contribution in [1.82, 2.24) is 30.0 Å². The van der Waals surface area contributed by atoms with E-state index < -0.39 is 6.04 Å². The third-order valence-electron chi connectivity index (χ3n) is 6.26. The van der Waals surface area contributed by atoms with Gasteiger partial charge < -0.3 is 5.32 Å². The van der Waals surface area contributed by atoms with Gasteiger partial charge in [0.15, 0.2) is 18.6 Å². The van der Waals surface area contributed by atoms with Crippen LogP contribution >= 0.6 is 23.2 Å². The van der Waals surface area contributed by atoms with E-state index in [0.717, 1.165) is 11.1 Å². The van der Waals surface area contributed by atoms with Crippen LogP contribution in [0, 0.1) is 0 Å². The number of aromatic nitrogens is 5. The SMILES string of the molecule is O=C(Nc1ccc2nccnc2c1)C(Cc1ccccc1)N1CON(c2cc(Cl)ccc2-n2cc(Cl)nn2)CO1. The van der Waals surface area contributed by atoms with Crippen LogP contribution in [0.15, 0.2) is 85.3 Å². The van der Waals surface area contributed by atoms with E-state index in [0.29, 0.717) is 34.0 Å². The number of anilines is 2. The molecule has 13 heteroatoms. The number of nitrogens with zero attached hydrogens (tertiary/aromatic N) is 7. The summed E-state index contributed by atoms with van der Waals surface area (Å²) in [6.45, 7) is -0.0436. The zero-order chi connectivity index (χ0) is 27.5. The van der Waals surface area contributed by atoms with Crippen LogP contribution in [0.2, 0.25) is 10.2 Å². The minimum Gasteiger partial charge on any atom is -0.325 e. The number of benzene rings is 3. The summed E-state index contributed by atoms with van der Waals surface area (Å²) in [7, 11) is 0. The van der Waals surface area contributed by atoms with Gasteiger partial charge in [-0.2, -0.15) is 0 Å². The molecule has 3 heterocycles. The Balaban J connectivity index is 1.22. The molecule has 0 radical (unpaired) electrons. The number of carbonyl (C=O) groups excluding carboxylic acids is 1. The molecule has 1 atom stereocenters. The fraction of sp³-hybridized carbons (Fsp3) is 0.148.